The smallest absolute Gasteiger partial charge is 0.0408 e. The van der Waals surface area contributed by atoms with E-state index in [1.54, 1.807) is 0 Å². The number of benzene rings is 4. The van der Waals surface area contributed by atoms with Crippen molar-refractivity contribution >= 4 is 59.8 Å². The SMILES string of the molecule is [Ni].[S-]c1ccccc1[N-]C(c1cccc(Cl)c1)C([N-]c1ccccc1[S-])c1cccc(Cl)c1. The maximum Gasteiger partial charge on any atom is 0.0408 e. The third-order valence-corrected chi connectivity index (χ3v) is 6.13. The van der Waals surface area contributed by atoms with Gasteiger partial charge in [0.2, 0.25) is 0 Å². The standard InChI is InChI=1S/C26H20Cl2N2S2.Ni/c27-19-9-5-7-17(15-19)25(29-21-11-1-3-13-23(21)31)26(18-8-6-10-20(28)16-18)30-22-12-2-4-14-24(22)32;/h1-16,25-26,31-32H;/q-2;/p-2. The molecular formula is C26H18Cl2N2NiS2-4. The first-order valence-corrected chi connectivity index (χ1v) is 11.5. The summed E-state index contributed by atoms with van der Waals surface area (Å²) in [6.07, 6.45) is 0. The zero-order chi connectivity index (χ0) is 22.5. The van der Waals surface area contributed by atoms with Gasteiger partial charge in [0, 0.05) is 26.5 Å². The Morgan fingerprint density at radius 2 is 0.939 bits per heavy atom. The summed E-state index contributed by atoms with van der Waals surface area (Å²) in [7, 11) is 0. The fraction of sp³-hybridized carbons (Fsp3) is 0.0769. The van der Waals surface area contributed by atoms with E-state index in [1.807, 2.05) is 97.1 Å². The second-order valence-electron chi connectivity index (χ2n) is 7.19. The summed E-state index contributed by atoms with van der Waals surface area (Å²) >= 11 is 23.8. The molecule has 4 rings (SSSR count). The van der Waals surface area contributed by atoms with Crippen LogP contribution in [0.4, 0.5) is 11.4 Å². The number of nitrogens with zero attached hydrogens (tertiary/aromatic N) is 2. The van der Waals surface area contributed by atoms with E-state index in [0.29, 0.717) is 19.8 Å². The summed E-state index contributed by atoms with van der Waals surface area (Å²) in [4.78, 5) is 1.35. The summed E-state index contributed by atoms with van der Waals surface area (Å²) in [5.74, 6) is 0. The number of hydrogen-bond donors (Lipinski definition) is 0. The molecule has 0 amide bonds. The minimum absolute atomic E-state index is 0. The number of para-hydroxylation sites is 2. The first kappa shape index (κ1) is 25.6. The van der Waals surface area contributed by atoms with Crippen molar-refractivity contribution < 1.29 is 16.5 Å². The molecule has 0 spiro atoms. The van der Waals surface area contributed by atoms with Crippen molar-refractivity contribution in [2.75, 3.05) is 0 Å². The normalized spacial score (nSPS) is 12.3. The van der Waals surface area contributed by atoms with Crippen LogP contribution in [0.5, 0.6) is 0 Å². The van der Waals surface area contributed by atoms with E-state index < -0.39 is 12.1 Å². The van der Waals surface area contributed by atoms with E-state index in [4.69, 9.17) is 59.1 Å². The Balaban J connectivity index is 0.00000306. The molecule has 0 heterocycles. The Hall–Kier alpha value is -2.01. The van der Waals surface area contributed by atoms with E-state index in [-0.39, 0.29) is 16.5 Å². The van der Waals surface area contributed by atoms with Gasteiger partial charge in [0.25, 0.3) is 0 Å². The van der Waals surface area contributed by atoms with Gasteiger partial charge < -0.3 is 35.9 Å². The van der Waals surface area contributed by atoms with Crippen molar-refractivity contribution in [1.82, 2.24) is 0 Å². The van der Waals surface area contributed by atoms with Crippen LogP contribution >= 0.6 is 23.2 Å². The van der Waals surface area contributed by atoms with E-state index in [0.717, 1.165) is 22.5 Å². The minimum Gasteiger partial charge on any atom is -0.781 e. The molecule has 0 saturated carbocycles. The monoisotopic (exact) mass is 550 g/mol. The molecule has 0 fully saturated rings. The summed E-state index contributed by atoms with van der Waals surface area (Å²) in [6, 6.07) is 29.8. The molecule has 0 saturated heterocycles. The Labute approximate surface area is 225 Å². The Bertz CT molecular complexity index is 1130. The molecule has 2 nitrogen and oxygen atoms in total. The molecule has 0 aliphatic carbocycles. The molecule has 7 heteroatoms. The van der Waals surface area contributed by atoms with Crippen LogP contribution in [-0.4, -0.2) is 0 Å². The van der Waals surface area contributed by atoms with E-state index in [9.17, 15) is 0 Å². The van der Waals surface area contributed by atoms with Gasteiger partial charge in [0.1, 0.15) is 0 Å². The Morgan fingerprint density at radius 3 is 1.30 bits per heavy atom. The maximum absolute atomic E-state index is 6.35. The summed E-state index contributed by atoms with van der Waals surface area (Å²) in [5, 5.41) is 11.4. The second kappa shape index (κ2) is 11.9. The van der Waals surface area contributed by atoms with Crippen LogP contribution < -0.4 is 0 Å². The molecule has 4 aromatic carbocycles. The van der Waals surface area contributed by atoms with Crippen LogP contribution in [0.2, 0.25) is 10.0 Å². The Kier molecular flexibility index (Phi) is 9.25. The van der Waals surface area contributed by atoms with Gasteiger partial charge in [0.05, 0.1) is 0 Å². The van der Waals surface area contributed by atoms with Crippen LogP contribution in [0.3, 0.4) is 0 Å². The predicted octanol–water partition coefficient (Wildman–Crippen LogP) is 9.00. The van der Waals surface area contributed by atoms with E-state index in [1.165, 1.54) is 0 Å². The molecule has 2 unspecified atom stereocenters. The van der Waals surface area contributed by atoms with Crippen LogP contribution in [0.25, 0.3) is 10.6 Å². The zero-order valence-electron chi connectivity index (χ0n) is 17.2. The third-order valence-electron chi connectivity index (χ3n) is 4.97. The fourth-order valence-electron chi connectivity index (χ4n) is 3.46. The summed E-state index contributed by atoms with van der Waals surface area (Å²) in [6.45, 7) is 0. The molecule has 0 N–H and O–H groups in total. The first-order chi connectivity index (χ1) is 15.5. The summed E-state index contributed by atoms with van der Waals surface area (Å²) in [5.41, 5.74) is 3.29. The van der Waals surface area contributed by atoms with Crippen molar-refractivity contribution in [3.05, 3.63) is 129 Å². The molecule has 172 valence electrons. The van der Waals surface area contributed by atoms with Crippen LogP contribution in [0, 0.1) is 0 Å². The average molecular weight is 552 g/mol. The van der Waals surface area contributed by atoms with Gasteiger partial charge >= 0.3 is 0 Å². The van der Waals surface area contributed by atoms with Crippen molar-refractivity contribution in [2.24, 2.45) is 0 Å². The molecule has 0 aliphatic rings. The zero-order valence-corrected chi connectivity index (χ0v) is 21.3. The van der Waals surface area contributed by atoms with Crippen molar-refractivity contribution in [3.8, 4) is 0 Å². The molecular weight excluding hydrogens is 534 g/mol. The van der Waals surface area contributed by atoms with Crippen LogP contribution in [0.1, 0.15) is 23.2 Å². The number of hydrogen-bond acceptors (Lipinski definition) is 2. The van der Waals surface area contributed by atoms with Crippen LogP contribution in [-0.2, 0) is 41.7 Å². The molecule has 0 bridgehead atoms. The van der Waals surface area contributed by atoms with Crippen LogP contribution in [0.15, 0.2) is 107 Å². The topological polar surface area (TPSA) is 28.2 Å². The van der Waals surface area contributed by atoms with Crippen molar-refractivity contribution in [1.29, 1.82) is 0 Å². The predicted molar refractivity (Wildman–Crippen MR) is 139 cm³/mol. The fourth-order valence-corrected chi connectivity index (χ4v) is 4.26. The van der Waals surface area contributed by atoms with E-state index >= 15 is 0 Å². The Morgan fingerprint density at radius 1 is 0.545 bits per heavy atom. The molecule has 4 aromatic rings. The van der Waals surface area contributed by atoms with Gasteiger partial charge in [0.15, 0.2) is 0 Å². The van der Waals surface area contributed by atoms with Gasteiger partial charge in [-0.15, -0.1) is 12.1 Å². The van der Waals surface area contributed by atoms with Gasteiger partial charge in [-0.3, -0.25) is 0 Å². The third kappa shape index (κ3) is 6.53. The maximum atomic E-state index is 6.35. The first-order valence-electron chi connectivity index (χ1n) is 9.96. The quantitative estimate of drug-likeness (QED) is 0.169. The second-order valence-corrected chi connectivity index (χ2v) is 8.95. The molecule has 0 aromatic heterocycles. The van der Waals surface area contributed by atoms with Gasteiger partial charge in [-0.25, -0.2) is 0 Å². The van der Waals surface area contributed by atoms with Gasteiger partial charge in [-0.05, 0) is 24.3 Å². The van der Waals surface area contributed by atoms with Gasteiger partial charge in [-0.1, -0.05) is 107 Å². The van der Waals surface area contributed by atoms with Gasteiger partial charge in [-0.2, -0.15) is 21.2 Å². The number of halogens is 2. The van der Waals surface area contributed by atoms with E-state index in [2.05, 4.69) is 0 Å². The minimum atomic E-state index is -0.397. The van der Waals surface area contributed by atoms with Crippen molar-refractivity contribution in [3.63, 3.8) is 0 Å². The molecule has 2 atom stereocenters. The molecule has 0 radical (unpaired) electrons. The molecule has 0 aliphatic heterocycles. The summed E-state index contributed by atoms with van der Waals surface area (Å²) < 4.78 is 0. The average Bonchev–Trinajstić information content (AvgIpc) is 2.78. The molecule has 33 heavy (non-hydrogen) atoms. The number of rotatable bonds is 7. The van der Waals surface area contributed by atoms with Crippen molar-refractivity contribution in [2.45, 2.75) is 21.9 Å². The largest absolute Gasteiger partial charge is 0.781 e.